The zero-order chi connectivity index (χ0) is 11.1. The van der Waals surface area contributed by atoms with Gasteiger partial charge in [-0.1, -0.05) is 12.1 Å². The number of fused-ring (bicyclic) bond motifs is 1. The van der Waals surface area contributed by atoms with E-state index >= 15 is 0 Å². The van der Waals surface area contributed by atoms with Gasteiger partial charge in [-0.05, 0) is 23.3 Å². The molecular formula is C13H11FO2. The second-order valence-corrected chi connectivity index (χ2v) is 4.25. The van der Waals surface area contributed by atoms with E-state index < -0.39 is 0 Å². The van der Waals surface area contributed by atoms with Crippen LogP contribution in [0.3, 0.4) is 0 Å². The minimum Gasteiger partial charge on any atom is -0.376 e. The molecule has 1 unspecified atom stereocenters. The second kappa shape index (κ2) is 3.52. The summed E-state index contributed by atoms with van der Waals surface area (Å²) < 4.78 is 18.2. The number of hydrogen-bond donors (Lipinski definition) is 0. The van der Waals surface area contributed by atoms with Crippen molar-refractivity contribution in [3.63, 3.8) is 0 Å². The molecule has 1 aliphatic carbocycles. The summed E-state index contributed by atoms with van der Waals surface area (Å²) in [5.74, 6) is 0.140. The van der Waals surface area contributed by atoms with E-state index in [2.05, 4.69) is 0 Å². The van der Waals surface area contributed by atoms with Gasteiger partial charge in [0.05, 0.1) is 13.2 Å². The van der Waals surface area contributed by atoms with Gasteiger partial charge >= 0.3 is 0 Å². The highest BCUT2D eigenvalue weighted by molar-refractivity contribution is 6.24. The summed E-state index contributed by atoms with van der Waals surface area (Å²) in [6.07, 6.45) is 0.544. The third-order valence-electron chi connectivity index (χ3n) is 3.23. The molecule has 2 nitrogen and oxygen atoms in total. The number of benzene rings is 1. The first-order valence-electron chi connectivity index (χ1n) is 5.35. The van der Waals surface area contributed by atoms with Gasteiger partial charge in [-0.15, -0.1) is 0 Å². The number of allylic oxidation sites excluding steroid dienone is 1. The van der Waals surface area contributed by atoms with Crippen LogP contribution in [0.15, 0.2) is 29.8 Å². The Labute approximate surface area is 92.7 Å². The van der Waals surface area contributed by atoms with Crippen LogP contribution in [0.25, 0.3) is 5.57 Å². The van der Waals surface area contributed by atoms with E-state index in [0.717, 1.165) is 16.7 Å². The summed E-state index contributed by atoms with van der Waals surface area (Å²) >= 11 is 0. The average molecular weight is 218 g/mol. The third-order valence-corrected chi connectivity index (χ3v) is 3.23. The zero-order valence-corrected chi connectivity index (χ0v) is 8.70. The van der Waals surface area contributed by atoms with Crippen molar-refractivity contribution in [3.8, 4) is 0 Å². The highest BCUT2D eigenvalue weighted by Gasteiger charge is 2.36. The van der Waals surface area contributed by atoms with Crippen LogP contribution in [-0.2, 0) is 9.53 Å². The maximum Gasteiger partial charge on any atom is 0.164 e. The lowest BCUT2D eigenvalue weighted by Gasteiger charge is -2.03. The van der Waals surface area contributed by atoms with Gasteiger partial charge in [0.2, 0.25) is 0 Å². The smallest absolute Gasteiger partial charge is 0.164 e. The monoisotopic (exact) mass is 218 g/mol. The van der Waals surface area contributed by atoms with Gasteiger partial charge in [0.25, 0.3) is 0 Å². The van der Waals surface area contributed by atoms with Crippen molar-refractivity contribution in [1.29, 1.82) is 0 Å². The first kappa shape index (κ1) is 9.73. The molecule has 1 aromatic rings. The maximum atomic E-state index is 12.8. The first-order chi connectivity index (χ1) is 7.75. The molecule has 2 aliphatic rings. The van der Waals surface area contributed by atoms with Crippen LogP contribution in [0.4, 0.5) is 4.39 Å². The van der Waals surface area contributed by atoms with E-state index in [4.69, 9.17) is 4.74 Å². The Hall–Kier alpha value is -1.48. The van der Waals surface area contributed by atoms with Gasteiger partial charge in [-0.3, -0.25) is 4.79 Å². The summed E-state index contributed by atoms with van der Waals surface area (Å²) in [7, 11) is 0. The molecular weight excluding hydrogens is 207 g/mol. The molecule has 0 amide bonds. The lowest BCUT2D eigenvalue weighted by atomic mass is 10.0. The lowest BCUT2D eigenvalue weighted by Crippen LogP contribution is -2.01. The maximum absolute atomic E-state index is 12.8. The van der Waals surface area contributed by atoms with Gasteiger partial charge in [0.1, 0.15) is 5.82 Å². The van der Waals surface area contributed by atoms with Crippen LogP contribution in [0, 0.1) is 11.7 Å². The number of rotatable bonds is 1. The molecule has 0 aromatic heterocycles. The van der Waals surface area contributed by atoms with E-state index in [1.165, 1.54) is 12.1 Å². The summed E-state index contributed by atoms with van der Waals surface area (Å²) in [5.41, 5.74) is 2.66. The Morgan fingerprint density at radius 2 is 2.00 bits per heavy atom. The van der Waals surface area contributed by atoms with Crippen molar-refractivity contribution < 1.29 is 13.9 Å². The number of ether oxygens (including phenoxy) is 1. The Bertz CT molecular complexity index is 473. The van der Waals surface area contributed by atoms with E-state index in [0.29, 0.717) is 19.6 Å². The van der Waals surface area contributed by atoms with Crippen molar-refractivity contribution in [3.05, 3.63) is 41.2 Å². The largest absolute Gasteiger partial charge is 0.376 e. The van der Waals surface area contributed by atoms with E-state index in [1.807, 2.05) is 0 Å². The van der Waals surface area contributed by atoms with Crippen molar-refractivity contribution in [2.24, 2.45) is 5.92 Å². The SMILES string of the molecule is O=C1CC2COCC2=C1c1ccc(F)cc1. The molecule has 82 valence electrons. The Morgan fingerprint density at radius 3 is 2.75 bits per heavy atom. The lowest BCUT2D eigenvalue weighted by molar-refractivity contribution is -0.113. The topological polar surface area (TPSA) is 26.3 Å². The van der Waals surface area contributed by atoms with Crippen LogP contribution in [0.1, 0.15) is 12.0 Å². The molecule has 1 saturated heterocycles. The minimum atomic E-state index is -0.279. The van der Waals surface area contributed by atoms with Gasteiger partial charge < -0.3 is 4.74 Å². The first-order valence-corrected chi connectivity index (χ1v) is 5.35. The number of hydrogen-bond acceptors (Lipinski definition) is 2. The molecule has 1 atom stereocenters. The summed E-state index contributed by atoms with van der Waals surface area (Å²) in [6.45, 7) is 1.19. The summed E-state index contributed by atoms with van der Waals surface area (Å²) in [5, 5.41) is 0. The highest BCUT2D eigenvalue weighted by Crippen LogP contribution is 2.39. The van der Waals surface area contributed by atoms with E-state index in [1.54, 1.807) is 12.1 Å². The van der Waals surface area contributed by atoms with Gasteiger partial charge in [0.15, 0.2) is 5.78 Å². The molecule has 0 radical (unpaired) electrons. The van der Waals surface area contributed by atoms with Crippen LogP contribution < -0.4 is 0 Å². The van der Waals surface area contributed by atoms with Crippen LogP contribution in [0.2, 0.25) is 0 Å². The Morgan fingerprint density at radius 1 is 1.25 bits per heavy atom. The number of Topliss-reactive ketones (excluding diaryl/α,β-unsaturated/α-hetero) is 1. The van der Waals surface area contributed by atoms with Crippen LogP contribution >= 0.6 is 0 Å². The number of carbonyl (C=O) groups is 1. The number of ketones is 1. The number of halogens is 1. The quantitative estimate of drug-likeness (QED) is 0.722. The fourth-order valence-electron chi connectivity index (χ4n) is 2.46. The third kappa shape index (κ3) is 1.39. The van der Waals surface area contributed by atoms with Crippen molar-refractivity contribution in [2.75, 3.05) is 13.2 Å². The second-order valence-electron chi connectivity index (χ2n) is 4.25. The van der Waals surface area contributed by atoms with Crippen LogP contribution in [0.5, 0.6) is 0 Å². The normalized spacial score (nSPS) is 24.1. The fourth-order valence-corrected chi connectivity index (χ4v) is 2.46. The van der Waals surface area contributed by atoms with E-state index in [-0.39, 0.29) is 17.5 Å². The molecule has 0 saturated carbocycles. The predicted octanol–water partition coefficient (Wildman–Crippen LogP) is 2.20. The summed E-state index contributed by atoms with van der Waals surface area (Å²) in [4.78, 5) is 11.9. The van der Waals surface area contributed by atoms with Crippen molar-refractivity contribution in [2.45, 2.75) is 6.42 Å². The molecule has 1 aromatic carbocycles. The zero-order valence-electron chi connectivity index (χ0n) is 8.70. The Balaban J connectivity index is 2.08. The number of carbonyl (C=O) groups excluding carboxylic acids is 1. The molecule has 1 heterocycles. The average Bonchev–Trinajstić information content (AvgIpc) is 2.79. The predicted molar refractivity (Wildman–Crippen MR) is 57.3 cm³/mol. The van der Waals surface area contributed by atoms with Gasteiger partial charge in [-0.2, -0.15) is 0 Å². The molecule has 0 spiro atoms. The fraction of sp³-hybridized carbons (Fsp3) is 0.308. The molecule has 0 N–H and O–H groups in total. The molecule has 16 heavy (non-hydrogen) atoms. The molecule has 1 fully saturated rings. The highest BCUT2D eigenvalue weighted by atomic mass is 19.1. The summed E-state index contributed by atoms with van der Waals surface area (Å²) in [6, 6.07) is 6.10. The standard InChI is InChI=1S/C13H11FO2/c14-10-3-1-8(2-4-10)13-11-7-16-6-9(11)5-12(13)15/h1-4,9H,5-7H2. The van der Waals surface area contributed by atoms with Gasteiger partial charge in [0, 0.05) is 17.9 Å². The van der Waals surface area contributed by atoms with Gasteiger partial charge in [-0.25, -0.2) is 4.39 Å². The molecule has 0 bridgehead atoms. The van der Waals surface area contributed by atoms with Crippen molar-refractivity contribution in [1.82, 2.24) is 0 Å². The Kier molecular flexibility index (Phi) is 2.14. The molecule has 3 rings (SSSR count). The van der Waals surface area contributed by atoms with E-state index in [9.17, 15) is 9.18 Å². The van der Waals surface area contributed by atoms with Crippen molar-refractivity contribution >= 4 is 11.4 Å². The molecule has 3 heteroatoms. The van der Waals surface area contributed by atoms with Crippen LogP contribution in [-0.4, -0.2) is 19.0 Å². The molecule has 1 aliphatic heterocycles. The minimum absolute atomic E-state index is 0.162.